The Morgan fingerprint density at radius 3 is 2.71 bits per heavy atom. The van der Waals surface area contributed by atoms with Crippen LogP contribution in [0.1, 0.15) is 9.80 Å². The summed E-state index contributed by atoms with van der Waals surface area (Å²) in [5.74, 6) is -1.20. The molecule has 0 aliphatic heterocycles. The molecular formula is C9H4Cl2FN3OS. The van der Waals surface area contributed by atoms with Gasteiger partial charge < -0.3 is 5.32 Å². The molecule has 8 heteroatoms. The first kappa shape index (κ1) is 12.2. The van der Waals surface area contributed by atoms with Gasteiger partial charge >= 0.3 is 0 Å². The molecule has 0 saturated carbocycles. The summed E-state index contributed by atoms with van der Waals surface area (Å²) in [6.45, 7) is 0. The summed E-state index contributed by atoms with van der Waals surface area (Å²) in [7, 11) is 0. The van der Waals surface area contributed by atoms with Crippen molar-refractivity contribution in [1.29, 1.82) is 0 Å². The van der Waals surface area contributed by atoms with E-state index in [1.165, 1.54) is 12.1 Å². The second kappa shape index (κ2) is 4.95. The Hall–Kier alpha value is -1.24. The van der Waals surface area contributed by atoms with Gasteiger partial charge in [-0.3, -0.25) is 4.79 Å². The SMILES string of the molecule is O=C(Nc1ccc(Cl)cc1F)c1nnc(Cl)s1. The lowest BCUT2D eigenvalue weighted by Crippen LogP contribution is -2.12. The number of aromatic nitrogens is 2. The van der Waals surface area contributed by atoms with Gasteiger partial charge in [-0.05, 0) is 29.8 Å². The van der Waals surface area contributed by atoms with Gasteiger partial charge in [0.05, 0.1) is 5.69 Å². The highest BCUT2D eigenvalue weighted by Gasteiger charge is 2.14. The number of carbonyl (C=O) groups is 1. The molecular weight excluding hydrogens is 288 g/mol. The van der Waals surface area contributed by atoms with E-state index < -0.39 is 11.7 Å². The summed E-state index contributed by atoms with van der Waals surface area (Å²) < 4.78 is 13.5. The fourth-order valence-corrected chi connectivity index (χ4v) is 1.95. The molecule has 0 bridgehead atoms. The molecule has 1 N–H and O–H groups in total. The maximum absolute atomic E-state index is 13.4. The molecule has 4 nitrogen and oxygen atoms in total. The maximum atomic E-state index is 13.4. The van der Waals surface area contributed by atoms with Crippen LogP contribution in [-0.2, 0) is 0 Å². The first-order valence-corrected chi connectivity index (χ1v) is 5.89. The minimum absolute atomic E-state index is 0.0192. The lowest BCUT2D eigenvalue weighted by atomic mass is 10.3. The first-order valence-electron chi connectivity index (χ1n) is 4.31. The van der Waals surface area contributed by atoms with Gasteiger partial charge in [-0.15, -0.1) is 10.2 Å². The summed E-state index contributed by atoms with van der Waals surface area (Å²) in [6, 6.07) is 3.93. The molecule has 0 fully saturated rings. The number of carbonyl (C=O) groups excluding carboxylic acids is 1. The van der Waals surface area contributed by atoms with Crippen molar-refractivity contribution in [2.45, 2.75) is 0 Å². The molecule has 1 aromatic heterocycles. The number of hydrogen-bond donors (Lipinski definition) is 1. The topological polar surface area (TPSA) is 54.9 Å². The molecule has 2 rings (SSSR count). The first-order chi connectivity index (χ1) is 8.06. The Morgan fingerprint density at radius 1 is 1.35 bits per heavy atom. The van der Waals surface area contributed by atoms with Gasteiger partial charge in [0.15, 0.2) is 0 Å². The van der Waals surface area contributed by atoms with Crippen LogP contribution in [0.2, 0.25) is 9.49 Å². The van der Waals surface area contributed by atoms with Crippen molar-refractivity contribution in [3.63, 3.8) is 0 Å². The Bertz CT molecular complexity index is 575. The molecule has 0 aliphatic rings. The minimum Gasteiger partial charge on any atom is -0.317 e. The highest BCUT2D eigenvalue weighted by molar-refractivity contribution is 7.17. The molecule has 1 aromatic carbocycles. The van der Waals surface area contributed by atoms with E-state index in [9.17, 15) is 9.18 Å². The predicted octanol–water partition coefficient (Wildman–Crippen LogP) is 3.24. The summed E-state index contributed by atoms with van der Waals surface area (Å²) in [5.41, 5.74) is 0.0192. The van der Waals surface area contributed by atoms with E-state index >= 15 is 0 Å². The average Bonchev–Trinajstić information content (AvgIpc) is 2.69. The summed E-state index contributed by atoms with van der Waals surface area (Å²) in [5, 5.41) is 9.66. The van der Waals surface area contributed by atoms with Crippen LogP contribution in [0.25, 0.3) is 0 Å². The summed E-state index contributed by atoms with van der Waals surface area (Å²) in [6.07, 6.45) is 0. The van der Waals surface area contributed by atoms with Gasteiger partial charge in [-0.2, -0.15) is 0 Å². The molecule has 88 valence electrons. The zero-order valence-corrected chi connectivity index (χ0v) is 10.4. The largest absolute Gasteiger partial charge is 0.317 e. The van der Waals surface area contributed by atoms with Gasteiger partial charge in [-0.25, -0.2) is 4.39 Å². The van der Waals surface area contributed by atoms with E-state index in [0.717, 1.165) is 17.4 Å². The molecule has 1 amide bonds. The lowest BCUT2D eigenvalue weighted by Gasteiger charge is -2.03. The number of nitrogens with one attached hydrogen (secondary N) is 1. The average molecular weight is 292 g/mol. The molecule has 17 heavy (non-hydrogen) atoms. The zero-order valence-electron chi connectivity index (χ0n) is 8.08. The Kier molecular flexibility index (Phi) is 3.56. The van der Waals surface area contributed by atoms with Crippen LogP contribution in [0.15, 0.2) is 18.2 Å². The van der Waals surface area contributed by atoms with Crippen LogP contribution < -0.4 is 5.32 Å². The van der Waals surface area contributed by atoms with E-state index in [-0.39, 0.29) is 20.2 Å². The van der Waals surface area contributed by atoms with Gasteiger partial charge in [0.25, 0.3) is 5.91 Å². The number of nitrogens with zero attached hydrogens (tertiary/aromatic N) is 2. The van der Waals surface area contributed by atoms with Crippen LogP contribution in [0.5, 0.6) is 0 Å². The van der Waals surface area contributed by atoms with E-state index in [1.807, 2.05) is 0 Å². The second-order valence-corrected chi connectivity index (χ2v) is 4.93. The van der Waals surface area contributed by atoms with Crippen LogP contribution in [0.3, 0.4) is 0 Å². The van der Waals surface area contributed by atoms with Crippen LogP contribution in [0, 0.1) is 5.82 Å². The number of anilines is 1. The number of amides is 1. The Labute approximate surface area is 109 Å². The molecule has 2 aromatic rings. The van der Waals surface area contributed by atoms with Gasteiger partial charge in [0, 0.05) is 5.02 Å². The van der Waals surface area contributed by atoms with Gasteiger partial charge in [0.2, 0.25) is 9.47 Å². The highest BCUT2D eigenvalue weighted by Crippen LogP contribution is 2.21. The van der Waals surface area contributed by atoms with Crippen molar-refractivity contribution in [2.24, 2.45) is 0 Å². The normalized spacial score (nSPS) is 10.3. The third-order valence-corrected chi connectivity index (χ3v) is 3.03. The smallest absolute Gasteiger partial charge is 0.286 e. The van der Waals surface area contributed by atoms with Crippen molar-refractivity contribution in [3.8, 4) is 0 Å². The Balaban J connectivity index is 2.18. The Morgan fingerprint density at radius 2 is 2.12 bits per heavy atom. The fourth-order valence-electron chi connectivity index (χ4n) is 1.06. The van der Waals surface area contributed by atoms with Crippen molar-refractivity contribution in [2.75, 3.05) is 5.32 Å². The van der Waals surface area contributed by atoms with Crippen molar-refractivity contribution >= 4 is 46.1 Å². The maximum Gasteiger partial charge on any atom is 0.286 e. The molecule has 0 radical (unpaired) electrons. The highest BCUT2D eigenvalue weighted by atomic mass is 35.5. The molecule has 1 heterocycles. The predicted molar refractivity (Wildman–Crippen MR) is 64.3 cm³/mol. The van der Waals surface area contributed by atoms with Crippen LogP contribution in [0.4, 0.5) is 10.1 Å². The minimum atomic E-state index is -0.624. The number of rotatable bonds is 2. The zero-order chi connectivity index (χ0) is 12.4. The van der Waals surface area contributed by atoms with Crippen LogP contribution in [-0.4, -0.2) is 16.1 Å². The van der Waals surface area contributed by atoms with Gasteiger partial charge in [0.1, 0.15) is 5.82 Å². The van der Waals surface area contributed by atoms with Gasteiger partial charge in [-0.1, -0.05) is 22.9 Å². The van der Waals surface area contributed by atoms with Crippen molar-refractivity contribution in [1.82, 2.24) is 10.2 Å². The molecule has 0 spiro atoms. The third kappa shape index (κ3) is 2.91. The van der Waals surface area contributed by atoms with Crippen molar-refractivity contribution in [3.05, 3.63) is 38.5 Å². The molecule has 0 saturated heterocycles. The van der Waals surface area contributed by atoms with E-state index in [0.29, 0.717) is 0 Å². The summed E-state index contributed by atoms with van der Waals surface area (Å²) in [4.78, 5) is 11.6. The van der Waals surface area contributed by atoms with Crippen molar-refractivity contribution < 1.29 is 9.18 Å². The number of hydrogen-bond acceptors (Lipinski definition) is 4. The van der Waals surface area contributed by atoms with E-state index in [4.69, 9.17) is 23.2 Å². The molecule has 0 unspecified atom stereocenters. The quantitative estimate of drug-likeness (QED) is 0.924. The monoisotopic (exact) mass is 291 g/mol. The van der Waals surface area contributed by atoms with E-state index in [1.54, 1.807) is 0 Å². The second-order valence-electron chi connectivity index (χ2n) is 2.94. The van der Waals surface area contributed by atoms with E-state index in [2.05, 4.69) is 15.5 Å². The molecule has 0 atom stereocenters. The number of halogens is 3. The standard InChI is InChI=1S/C9H4Cl2FN3OS/c10-4-1-2-6(5(12)3-4)13-7(16)8-14-15-9(11)17-8/h1-3H,(H,13,16). The number of benzene rings is 1. The van der Waals surface area contributed by atoms with Crippen LogP contribution >= 0.6 is 34.5 Å². The summed E-state index contributed by atoms with van der Waals surface area (Å²) >= 11 is 12.0. The molecule has 0 aliphatic carbocycles. The lowest BCUT2D eigenvalue weighted by molar-refractivity contribution is 0.102. The fraction of sp³-hybridized carbons (Fsp3) is 0. The third-order valence-electron chi connectivity index (χ3n) is 1.77.